The number of H-pyrrole nitrogens is 1. The number of nitrogens with one attached hydrogen (secondary N) is 3. The number of aryl methyl sites for hydroxylation is 1. The summed E-state index contributed by atoms with van der Waals surface area (Å²) in [6.07, 6.45) is 2.18. The molecule has 11 heteroatoms. The van der Waals surface area contributed by atoms with Gasteiger partial charge in [-0.1, -0.05) is 12.1 Å². The monoisotopic (exact) mass is 413 g/mol. The molecule has 2 heterocycles. The molecule has 1 fully saturated rings. The number of aliphatic hydroxyl groups excluding tert-OH is 1. The smallest absolute Gasteiger partial charge is 0.332 e. The van der Waals surface area contributed by atoms with E-state index in [-0.39, 0.29) is 29.8 Å². The number of aromatic nitrogens is 4. The zero-order valence-electron chi connectivity index (χ0n) is 16.1. The van der Waals surface area contributed by atoms with E-state index < -0.39 is 16.8 Å². The highest BCUT2D eigenvalue weighted by atomic mass is 19.1. The molecule has 0 spiro atoms. The fourth-order valence-corrected chi connectivity index (χ4v) is 3.15. The number of rotatable bonds is 8. The maximum Gasteiger partial charge on any atom is 0.332 e. The van der Waals surface area contributed by atoms with Crippen LogP contribution < -0.4 is 10.6 Å². The molecule has 0 bridgehead atoms. The average molecular weight is 413 g/mol. The maximum absolute atomic E-state index is 13.2. The van der Waals surface area contributed by atoms with Gasteiger partial charge < -0.3 is 15.7 Å². The first-order valence-electron chi connectivity index (χ1n) is 9.43. The molecular weight excluding hydrogens is 393 g/mol. The summed E-state index contributed by atoms with van der Waals surface area (Å²) in [7, 11) is 0. The molecule has 1 aromatic carbocycles. The van der Waals surface area contributed by atoms with E-state index in [1.165, 1.54) is 31.2 Å². The molecule has 1 aliphatic carbocycles. The lowest BCUT2D eigenvalue weighted by molar-refractivity contribution is -0.385. The minimum Gasteiger partial charge on any atom is -0.394 e. The van der Waals surface area contributed by atoms with Crippen LogP contribution >= 0.6 is 0 Å². The van der Waals surface area contributed by atoms with Gasteiger partial charge in [-0.25, -0.2) is 9.37 Å². The van der Waals surface area contributed by atoms with Crippen LogP contribution in [0.15, 0.2) is 30.3 Å². The molecule has 2 aromatic heterocycles. The van der Waals surface area contributed by atoms with Crippen molar-refractivity contribution in [3.05, 3.63) is 63.2 Å². The number of nitrogens with zero attached hydrogens (tertiary/aromatic N) is 4. The van der Waals surface area contributed by atoms with Crippen LogP contribution in [-0.2, 0) is 0 Å². The Morgan fingerprint density at radius 1 is 1.33 bits per heavy atom. The van der Waals surface area contributed by atoms with Crippen molar-refractivity contribution in [1.29, 1.82) is 0 Å². The van der Waals surface area contributed by atoms with Crippen molar-refractivity contribution in [1.82, 2.24) is 20.2 Å². The zero-order valence-corrected chi connectivity index (χ0v) is 16.1. The second kappa shape index (κ2) is 8.03. The standard InChI is InChI=1S/C19H20FN7O3/c1-10-17(27(29)30)18(23-16-8-14(25-26-16)11-2-3-11)24-19(21-10)22-15(9-28)12-4-6-13(20)7-5-12/h4-8,11,15,28H,2-3,9H2,1H3,(H3,21,22,23,24,25,26). The SMILES string of the molecule is Cc1nc(NC(CO)c2ccc(F)cc2)nc(Nc2cc(C3CC3)[nH]n2)c1[N+](=O)[O-]. The fraction of sp³-hybridized carbons (Fsp3) is 0.316. The normalized spacial score (nSPS) is 14.4. The van der Waals surface area contributed by atoms with Crippen LogP contribution in [0.5, 0.6) is 0 Å². The first-order valence-corrected chi connectivity index (χ1v) is 9.43. The number of aliphatic hydroxyl groups is 1. The van der Waals surface area contributed by atoms with Gasteiger partial charge >= 0.3 is 5.69 Å². The van der Waals surface area contributed by atoms with Crippen LogP contribution in [0.1, 0.15) is 41.8 Å². The van der Waals surface area contributed by atoms with Gasteiger partial charge in [-0.05, 0) is 37.5 Å². The first kappa shape index (κ1) is 19.7. The molecule has 0 saturated heterocycles. The summed E-state index contributed by atoms with van der Waals surface area (Å²) in [4.78, 5) is 19.4. The Labute approximate surface area is 170 Å². The molecule has 1 atom stereocenters. The number of aromatic amines is 1. The summed E-state index contributed by atoms with van der Waals surface area (Å²) in [5.74, 6) is 0.546. The molecule has 0 amide bonds. The van der Waals surface area contributed by atoms with Crippen molar-refractivity contribution in [3.63, 3.8) is 0 Å². The van der Waals surface area contributed by atoms with E-state index in [9.17, 15) is 19.6 Å². The minimum atomic E-state index is -0.619. The number of benzene rings is 1. The van der Waals surface area contributed by atoms with Crippen LogP contribution in [0.2, 0.25) is 0 Å². The van der Waals surface area contributed by atoms with Gasteiger partial charge in [0.1, 0.15) is 11.5 Å². The molecule has 1 saturated carbocycles. The molecule has 3 aromatic rings. The number of hydrogen-bond donors (Lipinski definition) is 4. The van der Waals surface area contributed by atoms with Crippen LogP contribution in [0.3, 0.4) is 0 Å². The van der Waals surface area contributed by atoms with E-state index >= 15 is 0 Å². The average Bonchev–Trinajstić information content (AvgIpc) is 3.45. The van der Waals surface area contributed by atoms with Crippen LogP contribution in [0, 0.1) is 22.9 Å². The molecule has 0 aliphatic heterocycles. The Morgan fingerprint density at radius 2 is 2.07 bits per heavy atom. The van der Waals surface area contributed by atoms with Crippen LogP contribution in [0.4, 0.5) is 27.7 Å². The summed E-state index contributed by atoms with van der Waals surface area (Å²) < 4.78 is 13.2. The third kappa shape index (κ3) is 4.20. The van der Waals surface area contributed by atoms with Gasteiger partial charge in [0.05, 0.1) is 17.6 Å². The van der Waals surface area contributed by atoms with Gasteiger partial charge in [0.2, 0.25) is 11.8 Å². The summed E-state index contributed by atoms with van der Waals surface area (Å²) in [6.45, 7) is 1.19. The Balaban J connectivity index is 1.63. The Morgan fingerprint density at radius 3 is 2.70 bits per heavy atom. The van der Waals surface area contributed by atoms with Crippen molar-refractivity contribution < 1.29 is 14.4 Å². The van der Waals surface area contributed by atoms with Gasteiger partial charge in [0.15, 0.2) is 5.82 Å². The lowest BCUT2D eigenvalue weighted by Crippen LogP contribution is -2.18. The predicted molar refractivity (Wildman–Crippen MR) is 107 cm³/mol. The van der Waals surface area contributed by atoms with E-state index in [2.05, 4.69) is 30.8 Å². The topological polar surface area (TPSA) is 142 Å². The summed E-state index contributed by atoms with van der Waals surface area (Å²) in [6, 6.07) is 6.81. The number of anilines is 3. The maximum atomic E-state index is 13.2. The van der Waals surface area contributed by atoms with Gasteiger partial charge in [0.25, 0.3) is 0 Å². The molecule has 1 aliphatic rings. The largest absolute Gasteiger partial charge is 0.394 e. The van der Waals surface area contributed by atoms with E-state index in [0.29, 0.717) is 17.3 Å². The fourth-order valence-electron chi connectivity index (χ4n) is 3.15. The van der Waals surface area contributed by atoms with E-state index in [4.69, 9.17) is 0 Å². The van der Waals surface area contributed by atoms with Gasteiger partial charge in [0, 0.05) is 17.7 Å². The first-order chi connectivity index (χ1) is 14.4. The molecule has 0 radical (unpaired) electrons. The number of hydrogen-bond acceptors (Lipinski definition) is 8. The molecule has 4 N–H and O–H groups in total. The summed E-state index contributed by atoms with van der Waals surface area (Å²) >= 11 is 0. The summed E-state index contributed by atoms with van der Waals surface area (Å²) in [5, 5.41) is 34.2. The summed E-state index contributed by atoms with van der Waals surface area (Å²) in [5.41, 5.74) is 1.47. The van der Waals surface area contributed by atoms with Crippen molar-refractivity contribution >= 4 is 23.3 Å². The molecule has 1 unspecified atom stereocenters. The van der Waals surface area contributed by atoms with Crippen molar-refractivity contribution in [2.24, 2.45) is 0 Å². The Bertz CT molecular complexity index is 1070. The number of halogens is 1. The number of nitro groups is 1. The molecular formula is C19H20FN7O3. The third-order valence-electron chi connectivity index (χ3n) is 4.86. The lowest BCUT2D eigenvalue weighted by Gasteiger charge is -2.17. The molecule has 30 heavy (non-hydrogen) atoms. The van der Waals surface area contributed by atoms with Crippen molar-refractivity contribution in [2.75, 3.05) is 17.2 Å². The van der Waals surface area contributed by atoms with Crippen molar-refractivity contribution in [2.45, 2.75) is 31.7 Å². The minimum absolute atomic E-state index is 0.0142. The van der Waals surface area contributed by atoms with E-state index in [1.54, 1.807) is 6.07 Å². The van der Waals surface area contributed by atoms with Crippen LogP contribution in [-0.4, -0.2) is 36.8 Å². The van der Waals surface area contributed by atoms with Gasteiger partial charge in [-0.2, -0.15) is 10.1 Å². The molecule has 4 rings (SSSR count). The van der Waals surface area contributed by atoms with Gasteiger partial charge in [-0.15, -0.1) is 0 Å². The third-order valence-corrected chi connectivity index (χ3v) is 4.86. The second-order valence-electron chi connectivity index (χ2n) is 7.13. The predicted octanol–water partition coefficient (Wildman–Crippen LogP) is 3.32. The van der Waals surface area contributed by atoms with Crippen molar-refractivity contribution in [3.8, 4) is 0 Å². The van der Waals surface area contributed by atoms with Crippen LogP contribution in [0.25, 0.3) is 0 Å². The lowest BCUT2D eigenvalue weighted by atomic mass is 10.1. The highest BCUT2D eigenvalue weighted by Crippen LogP contribution is 2.40. The Kier molecular flexibility index (Phi) is 5.27. The second-order valence-corrected chi connectivity index (χ2v) is 7.13. The van der Waals surface area contributed by atoms with E-state index in [1.807, 2.05) is 0 Å². The molecule has 156 valence electrons. The zero-order chi connectivity index (χ0) is 21.3. The Hall–Kier alpha value is -3.60. The molecule has 10 nitrogen and oxygen atoms in total. The van der Waals surface area contributed by atoms with Gasteiger partial charge in [-0.3, -0.25) is 15.2 Å². The highest BCUT2D eigenvalue weighted by Gasteiger charge is 2.27. The highest BCUT2D eigenvalue weighted by molar-refractivity contribution is 5.67. The quantitative estimate of drug-likeness (QED) is 0.325. The van der Waals surface area contributed by atoms with E-state index in [0.717, 1.165) is 18.5 Å².